The second kappa shape index (κ2) is 7.12. The molecule has 2 aliphatic rings. The average Bonchev–Trinajstić information content (AvgIpc) is 2.87. The molecule has 4 rings (SSSR count). The van der Waals surface area contributed by atoms with Gasteiger partial charge < -0.3 is 10.2 Å². The summed E-state index contributed by atoms with van der Waals surface area (Å²) in [6.07, 6.45) is 5.99. The van der Waals surface area contributed by atoms with Crippen molar-refractivity contribution in [2.24, 2.45) is 0 Å². The van der Waals surface area contributed by atoms with Crippen LogP contribution in [-0.4, -0.2) is 29.1 Å². The van der Waals surface area contributed by atoms with Gasteiger partial charge in [0.25, 0.3) is 0 Å². The minimum absolute atomic E-state index is 0.524. The highest BCUT2D eigenvalue weighted by Crippen LogP contribution is 2.30. The summed E-state index contributed by atoms with van der Waals surface area (Å²) in [4.78, 5) is 12.5. The molecule has 4 nitrogen and oxygen atoms in total. The van der Waals surface area contributed by atoms with E-state index in [0.29, 0.717) is 6.04 Å². The molecule has 1 unspecified atom stereocenters. The predicted molar refractivity (Wildman–Crippen MR) is 103 cm³/mol. The zero-order valence-electron chi connectivity index (χ0n) is 15.4. The van der Waals surface area contributed by atoms with Gasteiger partial charge in [-0.05, 0) is 52.5 Å². The summed E-state index contributed by atoms with van der Waals surface area (Å²) in [6.45, 7) is 7.42. The maximum absolute atomic E-state index is 5.09. The van der Waals surface area contributed by atoms with Crippen LogP contribution in [0.15, 0.2) is 24.3 Å². The lowest BCUT2D eigenvalue weighted by Gasteiger charge is -2.34. The lowest BCUT2D eigenvalue weighted by molar-refractivity contribution is 0.476. The number of aryl methyl sites for hydroxylation is 1. The summed E-state index contributed by atoms with van der Waals surface area (Å²) in [7, 11) is 0. The monoisotopic (exact) mass is 336 g/mol. The van der Waals surface area contributed by atoms with E-state index in [0.717, 1.165) is 44.1 Å². The van der Waals surface area contributed by atoms with Crippen LogP contribution in [0.2, 0.25) is 0 Å². The molecule has 25 heavy (non-hydrogen) atoms. The second-order valence-electron chi connectivity index (χ2n) is 7.48. The lowest BCUT2D eigenvalue weighted by atomic mass is 10.00. The summed E-state index contributed by atoms with van der Waals surface area (Å²) in [6, 6.07) is 9.31. The highest BCUT2D eigenvalue weighted by molar-refractivity contribution is 5.66. The van der Waals surface area contributed by atoms with Crippen LogP contribution in [0.5, 0.6) is 0 Å². The predicted octanol–water partition coefficient (Wildman–Crippen LogP) is 3.87. The van der Waals surface area contributed by atoms with Crippen molar-refractivity contribution in [1.82, 2.24) is 15.3 Å². The van der Waals surface area contributed by atoms with E-state index >= 15 is 0 Å². The maximum atomic E-state index is 5.09. The number of rotatable bonds is 2. The Morgan fingerprint density at radius 3 is 2.72 bits per heavy atom. The minimum Gasteiger partial charge on any atom is -0.338 e. The molecule has 1 aromatic heterocycles. The number of aromatic nitrogens is 2. The molecule has 2 aliphatic heterocycles. The van der Waals surface area contributed by atoms with Gasteiger partial charge in [0, 0.05) is 30.3 Å². The van der Waals surface area contributed by atoms with E-state index in [1.807, 2.05) is 0 Å². The van der Waals surface area contributed by atoms with E-state index < -0.39 is 0 Å². The second-order valence-corrected chi connectivity index (χ2v) is 7.48. The molecule has 1 atom stereocenters. The Balaban J connectivity index is 1.82. The molecule has 0 amide bonds. The van der Waals surface area contributed by atoms with Crippen LogP contribution < -0.4 is 10.2 Å². The molecule has 0 bridgehead atoms. The number of piperidine rings is 1. The quantitative estimate of drug-likeness (QED) is 0.904. The topological polar surface area (TPSA) is 41.1 Å². The molecule has 0 aliphatic carbocycles. The van der Waals surface area contributed by atoms with Crippen molar-refractivity contribution in [1.29, 1.82) is 0 Å². The van der Waals surface area contributed by atoms with Crippen LogP contribution in [0.4, 0.5) is 5.95 Å². The van der Waals surface area contributed by atoms with Crippen molar-refractivity contribution >= 4 is 5.95 Å². The zero-order valence-corrected chi connectivity index (χ0v) is 15.4. The van der Waals surface area contributed by atoms with Crippen molar-refractivity contribution in [3.8, 4) is 11.3 Å². The smallest absolute Gasteiger partial charge is 0.226 e. The molecule has 3 heterocycles. The van der Waals surface area contributed by atoms with E-state index in [9.17, 15) is 0 Å². The van der Waals surface area contributed by atoms with Gasteiger partial charge in [0.15, 0.2) is 0 Å². The van der Waals surface area contributed by atoms with Gasteiger partial charge in [-0.2, -0.15) is 0 Å². The summed E-state index contributed by atoms with van der Waals surface area (Å²) in [5.41, 5.74) is 6.17. The SMILES string of the molecule is Cc1ccc(-c2nc(N3CCCCC3C)nc3c2CCCNC3)cc1. The van der Waals surface area contributed by atoms with Gasteiger partial charge in [0.1, 0.15) is 0 Å². The van der Waals surface area contributed by atoms with Crippen LogP contribution >= 0.6 is 0 Å². The number of hydrogen-bond acceptors (Lipinski definition) is 4. The van der Waals surface area contributed by atoms with Crippen molar-refractivity contribution < 1.29 is 0 Å². The number of benzene rings is 1. The third-order valence-corrected chi connectivity index (χ3v) is 5.54. The Kier molecular flexibility index (Phi) is 4.71. The highest BCUT2D eigenvalue weighted by atomic mass is 15.3. The molecule has 1 aromatic carbocycles. The molecule has 2 aromatic rings. The standard InChI is InChI=1S/C21H28N4/c1-15-8-10-17(11-9-15)20-18-7-5-12-22-14-19(18)23-21(24-20)25-13-4-3-6-16(25)2/h8-11,16,22H,3-7,12-14H2,1-2H3. The van der Waals surface area contributed by atoms with E-state index in [2.05, 4.69) is 48.3 Å². The largest absolute Gasteiger partial charge is 0.338 e. The molecular formula is C21H28N4. The Hall–Kier alpha value is -1.94. The van der Waals surface area contributed by atoms with Gasteiger partial charge in [0.2, 0.25) is 5.95 Å². The van der Waals surface area contributed by atoms with Crippen LogP contribution in [0.25, 0.3) is 11.3 Å². The summed E-state index contributed by atoms with van der Waals surface area (Å²) in [5.74, 6) is 0.922. The van der Waals surface area contributed by atoms with Gasteiger partial charge >= 0.3 is 0 Å². The molecule has 0 saturated carbocycles. The first-order valence-electron chi connectivity index (χ1n) is 9.66. The van der Waals surface area contributed by atoms with Gasteiger partial charge in [-0.1, -0.05) is 29.8 Å². The Morgan fingerprint density at radius 2 is 1.92 bits per heavy atom. The molecule has 1 fully saturated rings. The van der Waals surface area contributed by atoms with Gasteiger partial charge in [-0.3, -0.25) is 0 Å². The first kappa shape index (κ1) is 16.5. The van der Waals surface area contributed by atoms with Crippen LogP contribution in [0.1, 0.15) is 49.4 Å². The first-order valence-corrected chi connectivity index (χ1v) is 9.66. The Labute approximate surface area is 150 Å². The fourth-order valence-corrected chi connectivity index (χ4v) is 4.00. The van der Waals surface area contributed by atoms with Gasteiger partial charge in [-0.25, -0.2) is 9.97 Å². The molecule has 132 valence electrons. The summed E-state index contributed by atoms with van der Waals surface area (Å²) >= 11 is 0. The lowest BCUT2D eigenvalue weighted by Crippen LogP contribution is -2.39. The number of hydrogen-bond donors (Lipinski definition) is 1. The number of fused-ring (bicyclic) bond motifs is 1. The third kappa shape index (κ3) is 3.40. The molecule has 0 spiro atoms. The fourth-order valence-electron chi connectivity index (χ4n) is 4.00. The maximum Gasteiger partial charge on any atom is 0.226 e. The molecular weight excluding hydrogens is 308 g/mol. The van der Waals surface area contributed by atoms with E-state index in [4.69, 9.17) is 9.97 Å². The van der Waals surface area contributed by atoms with Crippen molar-refractivity contribution in [2.45, 2.75) is 58.5 Å². The van der Waals surface area contributed by atoms with E-state index in [1.54, 1.807) is 0 Å². The van der Waals surface area contributed by atoms with E-state index in [-0.39, 0.29) is 0 Å². The van der Waals surface area contributed by atoms with Crippen molar-refractivity contribution in [3.63, 3.8) is 0 Å². The summed E-state index contributed by atoms with van der Waals surface area (Å²) < 4.78 is 0. The van der Waals surface area contributed by atoms with Gasteiger partial charge in [0.05, 0.1) is 11.4 Å². The van der Waals surface area contributed by atoms with E-state index in [1.165, 1.54) is 41.6 Å². The number of nitrogens with one attached hydrogen (secondary N) is 1. The number of anilines is 1. The van der Waals surface area contributed by atoms with Crippen LogP contribution in [-0.2, 0) is 13.0 Å². The van der Waals surface area contributed by atoms with Crippen molar-refractivity contribution in [3.05, 3.63) is 41.1 Å². The molecule has 0 radical (unpaired) electrons. The van der Waals surface area contributed by atoms with Crippen molar-refractivity contribution in [2.75, 3.05) is 18.0 Å². The average molecular weight is 336 g/mol. The minimum atomic E-state index is 0.524. The Bertz CT molecular complexity index is 738. The fraction of sp³-hybridized carbons (Fsp3) is 0.524. The third-order valence-electron chi connectivity index (χ3n) is 5.54. The summed E-state index contributed by atoms with van der Waals surface area (Å²) in [5, 5.41) is 3.52. The highest BCUT2D eigenvalue weighted by Gasteiger charge is 2.24. The normalized spacial score (nSPS) is 20.9. The first-order chi connectivity index (χ1) is 12.2. The molecule has 1 saturated heterocycles. The molecule has 1 N–H and O–H groups in total. The van der Waals surface area contributed by atoms with Crippen LogP contribution in [0, 0.1) is 6.92 Å². The van der Waals surface area contributed by atoms with Crippen LogP contribution in [0.3, 0.4) is 0 Å². The Morgan fingerprint density at radius 1 is 1.08 bits per heavy atom. The number of nitrogens with zero attached hydrogens (tertiary/aromatic N) is 3. The zero-order chi connectivity index (χ0) is 17.2. The van der Waals surface area contributed by atoms with Gasteiger partial charge in [-0.15, -0.1) is 0 Å². The molecule has 4 heteroatoms.